The first-order chi connectivity index (χ1) is 7.06. The first-order valence-corrected chi connectivity index (χ1v) is 6.63. The number of sulfone groups is 1. The Kier molecular flexibility index (Phi) is 2.70. The topological polar surface area (TPSA) is 43.4 Å². The van der Waals surface area contributed by atoms with Crippen LogP contribution in [0.2, 0.25) is 0 Å². The molecule has 0 fully saturated rings. The third kappa shape index (κ3) is 1.75. The van der Waals surface area contributed by atoms with Gasteiger partial charge in [-0.2, -0.15) is 0 Å². The summed E-state index contributed by atoms with van der Waals surface area (Å²) in [6.45, 7) is 0.308. The number of methoxy groups -OCH3 is 1. The lowest BCUT2D eigenvalue weighted by atomic mass is 10.1. The second kappa shape index (κ2) is 3.73. The molecule has 2 rings (SSSR count). The van der Waals surface area contributed by atoms with Crippen LogP contribution in [-0.2, 0) is 14.6 Å². The average Bonchev–Trinajstić information content (AvgIpc) is 2.40. The smallest absolute Gasteiger partial charge is 0.201 e. The molecule has 3 nitrogen and oxygen atoms in total. The van der Waals surface area contributed by atoms with Crippen LogP contribution >= 0.6 is 15.9 Å². The molecular weight excluding hydrogens is 280 g/mol. The first-order valence-electron chi connectivity index (χ1n) is 4.30. The molecule has 5 heteroatoms. The van der Waals surface area contributed by atoms with E-state index in [-0.39, 0.29) is 0 Å². The van der Waals surface area contributed by atoms with Crippen molar-refractivity contribution in [2.75, 3.05) is 13.7 Å². The predicted molar refractivity (Wildman–Crippen MR) is 61.2 cm³/mol. The fourth-order valence-electron chi connectivity index (χ4n) is 1.63. The highest BCUT2D eigenvalue weighted by atomic mass is 79.9. The van der Waals surface area contributed by atoms with Crippen molar-refractivity contribution >= 4 is 31.3 Å². The second-order valence-corrected chi connectivity index (χ2v) is 5.83. The second-order valence-electron chi connectivity index (χ2n) is 3.24. The van der Waals surface area contributed by atoms with Crippen molar-refractivity contribution in [3.8, 4) is 0 Å². The van der Waals surface area contributed by atoms with Crippen LogP contribution in [0.25, 0.3) is 5.57 Å². The molecule has 0 spiro atoms. The lowest BCUT2D eigenvalue weighted by Crippen LogP contribution is -1.95. The van der Waals surface area contributed by atoms with Gasteiger partial charge in [0, 0.05) is 22.6 Å². The zero-order valence-corrected chi connectivity index (χ0v) is 10.4. The summed E-state index contributed by atoms with van der Waals surface area (Å²) < 4.78 is 29.2. The quantitative estimate of drug-likeness (QED) is 0.838. The Labute approximate surface area is 96.8 Å². The van der Waals surface area contributed by atoms with Gasteiger partial charge in [0.15, 0.2) is 0 Å². The number of ether oxygens (including phenoxy) is 1. The molecular formula is C10H9BrO3S. The van der Waals surface area contributed by atoms with Crippen molar-refractivity contribution in [3.63, 3.8) is 0 Å². The van der Waals surface area contributed by atoms with E-state index in [2.05, 4.69) is 15.9 Å². The minimum absolute atomic E-state index is 0.308. The van der Waals surface area contributed by atoms with Gasteiger partial charge in [-0.05, 0) is 27.6 Å². The summed E-state index contributed by atoms with van der Waals surface area (Å²) in [5.41, 5.74) is 1.43. The number of hydrogen-bond donors (Lipinski definition) is 0. The van der Waals surface area contributed by atoms with E-state index in [1.165, 1.54) is 5.41 Å². The fraction of sp³-hybridized carbons (Fsp3) is 0.200. The van der Waals surface area contributed by atoms with Gasteiger partial charge in [0.2, 0.25) is 9.84 Å². The van der Waals surface area contributed by atoms with E-state index >= 15 is 0 Å². The summed E-state index contributed by atoms with van der Waals surface area (Å²) in [4.78, 5) is 0.344. The number of rotatable bonds is 2. The molecule has 1 aliphatic rings. The summed E-state index contributed by atoms with van der Waals surface area (Å²) in [6, 6.07) is 5.32. The van der Waals surface area contributed by atoms with Crippen molar-refractivity contribution in [3.05, 3.63) is 33.6 Å². The van der Waals surface area contributed by atoms with E-state index in [1.54, 1.807) is 19.2 Å². The van der Waals surface area contributed by atoms with Gasteiger partial charge in [0.1, 0.15) is 0 Å². The van der Waals surface area contributed by atoms with Crippen LogP contribution in [0.15, 0.2) is 33.0 Å². The Morgan fingerprint density at radius 2 is 2.13 bits per heavy atom. The fourth-order valence-corrected chi connectivity index (χ4v) is 4.20. The molecule has 0 bridgehead atoms. The molecule has 15 heavy (non-hydrogen) atoms. The Balaban J connectivity index is 2.68. The molecule has 0 aliphatic carbocycles. The van der Waals surface area contributed by atoms with Crippen molar-refractivity contribution in [2.24, 2.45) is 0 Å². The SMILES string of the molecule is COCC1=CS(=O)(=O)c2c(Br)cccc21. The summed E-state index contributed by atoms with van der Waals surface area (Å²) in [5.74, 6) is 0. The largest absolute Gasteiger partial charge is 0.380 e. The maximum Gasteiger partial charge on any atom is 0.201 e. The van der Waals surface area contributed by atoms with Crippen LogP contribution in [-0.4, -0.2) is 22.1 Å². The van der Waals surface area contributed by atoms with E-state index < -0.39 is 9.84 Å². The van der Waals surface area contributed by atoms with E-state index in [4.69, 9.17) is 4.74 Å². The van der Waals surface area contributed by atoms with Gasteiger partial charge >= 0.3 is 0 Å². The molecule has 1 aromatic rings. The molecule has 0 saturated heterocycles. The number of benzene rings is 1. The third-order valence-electron chi connectivity index (χ3n) is 2.19. The monoisotopic (exact) mass is 288 g/mol. The van der Waals surface area contributed by atoms with Gasteiger partial charge in [-0.15, -0.1) is 0 Å². The van der Waals surface area contributed by atoms with Gasteiger partial charge in [-0.25, -0.2) is 8.42 Å². The summed E-state index contributed by atoms with van der Waals surface area (Å²) in [5, 5.41) is 1.27. The molecule has 0 atom stereocenters. The highest BCUT2D eigenvalue weighted by Crippen LogP contribution is 2.37. The number of fused-ring (bicyclic) bond motifs is 1. The van der Waals surface area contributed by atoms with Crippen molar-refractivity contribution in [1.82, 2.24) is 0 Å². The summed E-state index contributed by atoms with van der Waals surface area (Å²) in [6.07, 6.45) is 0. The Morgan fingerprint density at radius 3 is 2.80 bits per heavy atom. The van der Waals surface area contributed by atoms with E-state index in [9.17, 15) is 8.42 Å². The predicted octanol–water partition coefficient (Wildman–Crippen LogP) is 2.22. The summed E-state index contributed by atoms with van der Waals surface area (Å²) >= 11 is 3.25. The normalized spacial score (nSPS) is 17.3. The zero-order chi connectivity index (χ0) is 11.1. The molecule has 1 aliphatic heterocycles. The minimum Gasteiger partial charge on any atom is -0.380 e. The van der Waals surface area contributed by atoms with E-state index in [0.29, 0.717) is 21.5 Å². The molecule has 0 N–H and O–H groups in total. The minimum atomic E-state index is -3.30. The summed E-state index contributed by atoms with van der Waals surface area (Å²) in [7, 11) is -1.75. The third-order valence-corrected chi connectivity index (χ3v) is 4.72. The van der Waals surface area contributed by atoms with E-state index in [0.717, 1.165) is 5.56 Å². The Hall–Kier alpha value is -0.650. The maximum absolute atomic E-state index is 11.8. The van der Waals surface area contributed by atoms with Crippen molar-refractivity contribution in [2.45, 2.75) is 4.90 Å². The van der Waals surface area contributed by atoms with Crippen molar-refractivity contribution in [1.29, 1.82) is 0 Å². The Morgan fingerprint density at radius 1 is 1.40 bits per heavy atom. The highest BCUT2D eigenvalue weighted by molar-refractivity contribution is 9.10. The highest BCUT2D eigenvalue weighted by Gasteiger charge is 2.28. The first kappa shape index (κ1) is 10.9. The van der Waals surface area contributed by atoms with Crippen LogP contribution in [0.4, 0.5) is 0 Å². The van der Waals surface area contributed by atoms with Crippen LogP contribution in [0, 0.1) is 0 Å². The average molecular weight is 289 g/mol. The zero-order valence-electron chi connectivity index (χ0n) is 8.03. The van der Waals surface area contributed by atoms with Gasteiger partial charge in [-0.3, -0.25) is 0 Å². The number of hydrogen-bond acceptors (Lipinski definition) is 3. The van der Waals surface area contributed by atoms with Crippen LogP contribution in [0.5, 0.6) is 0 Å². The Bertz CT molecular complexity index is 532. The molecule has 0 radical (unpaired) electrons. The number of halogens is 1. The molecule has 0 amide bonds. The molecule has 0 unspecified atom stereocenters. The van der Waals surface area contributed by atoms with Gasteiger partial charge in [0.25, 0.3) is 0 Å². The molecule has 80 valence electrons. The van der Waals surface area contributed by atoms with Gasteiger partial charge in [-0.1, -0.05) is 12.1 Å². The van der Waals surface area contributed by atoms with Gasteiger partial charge < -0.3 is 4.74 Å². The van der Waals surface area contributed by atoms with Crippen LogP contribution in [0.1, 0.15) is 5.56 Å². The maximum atomic E-state index is 11.8. The van der Waals surface area contributed by atoms with Crippen LogP contribution < -0.4 is 0 Å². The molecule has 0 aromatic heterocycles. The standard InChI is InChI=1S/C10H9BrO3S/c1-14-5-7-6-15(12,13)10-8(7)3-2-4-9(10)11/h2-4,6H,5H2,1H3. The lowest BCUT2D eigenvalue weighted by molar-refractivity contribution is 0.239. The van der Waals surface area contributed by atoms with Gasteiger partial charge in [0.05, 0.1) is 11.5 Å². The van der Waals surface area contributed by atoms with Crippen LogP contribution in [0.3, 0.4) is 0 Å². The molecule has 1 aromatic carbocycles. The lowest BCUT2D eigenvalue weighted by Gasteiger charge is -2.04. The van der Waals surface area contributed by atoms with E-state index in [1.807, 2.05) is 6.07 Å². The van der Waals surface area contributed by atoms with Crippen molar-refractivity contribution < 1.29 is 13.2 Å². The molecule has 0 saturated carbocycles. The molecule has 1 heterocycles.